The molecule has 2 aromatic rings. The number of nitrogens with zero attached hydrogens (tertiary/aromatic N) is 2. The average molecular weight is 408 g/mol. The molecule has 2 aromatic heterocycles. The monoisotopic (exact) mass is 407 g/mol. The van der Waals surface area contributed by atoms with Gasteiger partial charge in [0.2, 0.25) is 0 Å². The van der Waals surface area contributed by atoms with Gasteiger partial charge in [-0.2, -0.15) is 0 Å². The summed E-state index contributed by atoms with van der Waals surface area (Å²) in [4.78, 5) is 33.9. The molecule has 146 valence electrons. The first-order chi connectivity index (χ1) is 13.0. The number of hydrogen-bond acceptors (Lipinski definition) is 7. The lowest BCUT2D eigenvalue weighted by atomic mass is 9.78. The molecule has 6 nitrogen and oxygen atoms in total. The molecule has 8 heteroatoms. The number of thioether (sulfide) groups is 1. The highest BCUT2D eigenvalue weighted by Crippen LogP contribution is 2.30. The Morgan fingerprint density at radius 2 is 2.19 bits per heavy atom. The largest absolute Gasteiger partial charge is 0.452 e. The smallest absolute Gasteiger partial charge is 0.317 e. The number of amides is 1. The van der Waals surface area contributed by atoms with Crippen molar-refractivity contribution in [3.63, 3.8) is 0 Å². The number of hydrogen-bond donors (Lipinski definition) is 1. The molecule has 0 radical (unpaired) electrons. The van der Waals surface area contributed by atoms with Crippen LogP contribution in [0.1, 0.15) is 40.0 Å². The minimum absolute atomic E-state index is 0.108. The van der Waals surface area contributed by atoms with Crippen LogP contribution in [0, 0.1) is 11.8 Å². The predicted octanol–water partition coefficient (Wildman–Crippen LogP) is 3.66. The molecule has 3 rings (SSSR count). The first-order valence-corrected chi connectivity index (χ1v) is 11.1. The topological polar surface area (TPSA) is 81.2 Å². The molecule has 4 atom stereocenters. The van der Waals surface area contributed by atoms with Crippen molar-refractivity contribution < 1.29 is 14.3 Å². The molecule has 1 N–H and O–H groups in total. The van der Waals surface area contributed by atoms with Gasteiger partial charge in [-0.1, -0.05) is 38.5 Å². The van der Waals surface area contributed by atoms with Crippen molar-refractivity contribution in [2.75, 3.05) is 5.75 Å². The first kappa shape index (κ1) is 20.1. The number of carbonyl (C=O) groups excluding carboxylic acids is 2. The molecule has 1 saturated carbocycles. The fraction of sp³-hybridized carbons (Fsp3) is 0.579. The maximum atomic E-state index is 12.4. The van der Waals surface area contributed by atoms with E-state index in [2.05, 4.69) is 29.1 Å². The number of carbonyl (C=O) groups is 2. The van der Waals surface area contributed by atoms with Crippen LogP contribution in [0.5, 0.6) is 0 Å². The van der Waals surface area contributed by atoms with Crippen LogP contribution in [0.4, 0.5) is 0 Å². The van der Waals surface area contributed by atoms with E-state index in [0.29, 0.717) is 11.8 Å². The molecule has 1 amide bonds. The van der Waals surface area contributed by atoms with Gasteiger partial charge in [-0.15, -0.1) is 11.3 Å². The van der Waals surface area contributed by atoms with Crippen LogP contribution in [-0.4, -0.2) is 39.7 Å². The van der Waals surface area contributed by atoms with Gasteiger partial charge in [0.05, 0.1) is 5.75 Å². The minimum Gasteiger partial charge on any atom is -0.452 e. The average Bonchev–Trinajstić information content (AvgIpc) is 3.13. The molecular formula is C19H25N3O3S2. The van der Waals surface area contributed by atoms with Gasteiger partial charge in [0.15, 0.2) is 6.10 Å². The highest BCUT2D eigenvalue weighted by atomic mass is 32.2. The number of fused-ring (bicyclic) bond motifs is 1. The van der Waals surface area contributed by atoms with Crippen LogP contribution in [0.2, 0.25) is 0 Å². The number of aromatic nitrogens is 2. The van der Waals surface area contributed by atoms with Gasteiger partial charge in [-0.3, -0.25) is 9.59 Å². The van der Waals surface area contributed by atoms with Crippen LogP contribution in [0.25, 0.3) is 10.2 Å². The summed E-state index contributed by atoms with van der Waals surface area (Å²) in [6.45, 7) is 6.02. The van der Waals surface area contributed by atoms with Crippen molar-refractivity contribution in [2.24, 2.45) is 11.8 Å². The standard InChI is InChI=1S/C19H25N3O3S2/c1-11-5-4-6-15(12(11)2)22-17(24)13(3)25-16(23)9-27-19-14-7-8-26-18(14)20-10-21-19/h7-8,10-13,15H,4-6,9H2,1-3H3,(H,22,24)/t11-,12+,13+,15-/m0/s1. The lowest BCUT2D eigenvalue weighted by Gasteiger charge is -2.35. The minimum atomic E-state index is -0.797. The van der Waals surface area contributed by atoms with Crippen LogP contribution in [-0.2, 0) is 14.3 Å². The van der Waals surface area contributed by atoms with Gasteiger partial charge in [0.1, 0.15) is 16.2 Å². The highest BCUT2D eigenvalue weighted by molar-refractivity contribution is 8.00. The molecule has 27 heavy (non-hydrogen) atoms. The summed E-state index contributed by atoms with van der Waals surface area (Å²) in [6.07, 6.45) is 4.01. The molecular weight excluding hydrogens is 382 g/mol. The molecule has 1 aliphatic rings. The highest BCUT2D eigenvalue weighted by Gasteiger charge is 2.30. The Balaban J connectivity index is 1.48. The lowest BCUT2D eigenvalue weighted by molar-refractivity contribution is -0.152. The van der Waals surface area contributed by atoms with E-state index >= 15 is 0 Å². The quantitative estimate of drug-likeness (QED) is 0.447. The predicted molar refractivity (Wildman–Crippen MR) is 108 cm³/mol. The number of rotatable bonds is 6. The van der Waals surface area contributed by atoms with Crippen LogP contribution >= 0.6 is 23.1 Å². The summed E-state index contributed by atoms with van der Waals surface area (Å²) in [5, 5.41) is 6.69. The molecule has 0 aliphatic heterocycles. The Morgan fingerprint density at radius 3 is 3.00 bits per heavy atom. The zero-order chi connectivity index (χ0) is 19.4. The van der Waals surface area contributed by atoms with Crippen molar-refractivity contribution in [3.8, 4) is 0 Å². The summed E-state index contributed by atoms with van der Waals surface area (Å²) in [5.41, 5.74) is 0. The number of thiophene rings is 1. The Morgan fingerprint density at radius 1 is 1.37 bits per heavy atom. The van der Waals surface area contributed by atoms with E-state index in [0.717, 1.165) is 28.1 Å². The Kier molecular flexibility index (Phi) is 6.70. The molecule has 0 saturated heterocycles. The van der Waals surface area contributed by atoms with E-state index in [-0.39, 0.29) is 17.7 Å². The van der Waals surface area contributed by atoms with Crippen molar-refractivity contribution in [1.82, 2.24) is 15.3 Å². The van der Waals surface area contributed by atoms with E-state index in [1.54, 1.807) is 6.92 Å². The third-order valence-corrected chi connectivity index (χ3v) is 7.06. The zero-order valence-electron chi connectivity index (χ0n) is 15.8. The summed E-state index contributed by atoms with van der Waals surface area (Å²) in [6, 6.07) is 2.10. The second kappa shape index (κ2) is 9.01. The summed E-state index contributed by atoms with van der Waals surface area (Å²) >= 11 is 2.84. The Bertz CT molecular complexity index is 810. The lowest BCUT2D eigenvalue weighted by Crippen LogP contribution is -2.47. The van der Waals surface area contributed by atoms with Crippen LogP contribution in [0.3, 0.4) is 0 Å². The van der Waals surface area contributed by atoms with E-state index in [9.17, 15) is 9.59 Å². The second-order valence-electron chi connectivity index (χ2n) is 7.12. The first-order valence-electron chi connectivity index (χ1n) is 9.26. The zero-order valence-corrected chi connectivity index (χ0v) is 17.4. The summed E-state index contributed by atoms with van der Waals surface area (Å²) in [7, 11) is 0. The molecule has 0 spiro atoms. The molecule has 2 heterocycles. The number of nitrogens with one attached hydrogen (secondary N) is 1. The maximum Gasteiger partial charge on any atom is 0.317 e. The van der Waals surface area contributed by atoms with Crippen LogP contribution < -0.4 is 5.32 Å². The van der Waals surface area contributed by atoms with Gasteiger partial charge in [0, 0.05) is 11.4 Å². The molecule has 1 aliphatic carbocycles. The van der Waals surface area contributed by atoms with Crippen molar-refractivity contribution in [1.29, 1.82) is 0 Å². The maximum absolute atomic E-state index is 12.4. The normalized spacial score (nSPS) is 23.7. The third kappa shape index (κ3) is 4.99. The number of ether oxygens (including phenoxy) is 1. The van der Waals surface area contributed by atoms with Gasteiger partial charge < -0.3 is 10.1 Å². The Hall–Kier alpha value is -1.67. The van der Waals surface area contributed by atoms with Gasteiger partial charge >= 0.3 is 5.97 Å². The van der Waals surface area contributed by atoms with E-state index < -0.39 is 12.1 Å². The third-order valence-electron chi connectivity index (χ3n) is 5.26. The van der Waals surface area contributed by atoms with E-state index in [1.807, 2.05) is 11.4 Å². The fourth-order valence-corrected chi connectivity index (χ4v) is 4.94. The molecule has 0 bridgehead atoms. The van der Waals surface area contributed by atoms with E-state index in [1.165, 1.54) is 35.8 Å². The summed E-state index contributed by atoms with van der Waals surface area (Å²) < 4.78 is 5.32. The second-order valence-corrected chi connectivity index (χ2v) is 8.98. The Labute approximate surface area is 167 Å². The molecule has 1 fully saturated rings. The van der Waals surface area contributed by atoms with Crippen LogP contribution in [0.15, 0.2) is 22.8 Å². The summed E-state index contributed by atoms with van der Waals surface area (Å²) in [5.74, 6) is 0.500. The van der Waals surface area contributed by atoms with Crippen molar-refractivity contribution in [2.45, 2.75) is 57.2 Å². The van der Waals surface area contributed by atoms with Gasteiger partial charge in [-0.25, -0.2) is 9.97 Å². The number of esters is 1. The van der Waals surface area contributed by atoms with Gasteiger partial charge in [-0.05, 0) is 36.6 Å². The van der Waals surface area contributed by atoms with E-state index in [4.69, 9.17) is 4.74 Å². The van der Waals surface area contributed by atoms with Crippen molar-refractivity contribution >= 4 is 45.2 Å². The molecule has 0 aromatic carbocycles. The van der Waals surface area contributed by atoms with Gasteiger partial charge in [0.25, 0.3) is 5.91 Å². The van der Waals surface area contributed by atoms with Crippen molar-refractivity contribution in [3.05, 3.63) is 17.8 Å². The molecule has 0 unspecified atom stereocenters. The SMILES string of the molecule is C[C@H]1[C@@H](NC(=O)[C@@H](C)OC(=O)CSc2ncnc3sccc23)CCC[C@@H]1C. The fourth-order valence-electron chi connectivity index (χ4n) is 3.38.